The first-order valence-electron chi connectivity index (χ1n) is 6.26. The molecule has 88 valence electrons. The van der Waals surface area contributed by atoms with Gasteiger partial charge < -0.3 is 5.73 Å². The number of likely N-dealkylation sites (tertiary alicyclic amines) is 1. The van der Waals surface area contributed by atoms with Crippen molar-refractivity contribution in [3.63, 3.8) is 0 Å². The van der Waals surface area contributed by atoms with E-state index in [0.29, 0.717) is 0 Å². The molecule has 0 aliphatic carbocycles. The molecule has 0 spiro atoms. The normalized spacial score (nSPS) is 24.7. The van der Waals surface area contributed by atoms with E-state index in [-0.39, 0.29) is 6.04 Å². The summed E-state index contributed by atoms with van der Waals surface area (Å²) in [6.45, 7) is 9.14. The largest absolute Gasteiger partial charge is 0.325 e. The standard InChI is InChI=1S/C13H26N2/c1-11(2)10-13-7-9-15(13)8-5-4-6-12(3)14/h4,6,11-13H,5,7-10,14H2,1-3H3/b6-4+/t12?,13-/m1/s1. The van der Waals surface area contributed by atoms with E-state index >= 15 is 0 Å². The van der Waals surface area contributed by atoms with Crippen molar-refractivity contribution in [3.8, 4) is 0 Å². The number of hydrogen-bond donors (Lipinski definition) is 1. The maximum atomic E-state index is 5.65. The maximum Gasteiger partial charge on any atom is 0.0194 e. The van der Waals surface area contributed by atoms with E-state index in [0.717, 1.165) is 18.4 Å². The van der Waals surface area contributed by atoms with Gasteiger partial charge in [-0.2, -0.15) is 0 Å². The first-order chi connectivity index (χ1) is 7.09. The average Bonchev–Trinajstić information content (AvgIpc) is 2.11. The molecular weight excluding hydrogens is 184 g/mol. The molecule has 0 radical (unpaired) electrons. The molecule has 1 heterocycles. The van der Waals surface area contributed by atoms with Gasteiger partial charge in [0.2, 0.25) is 0 Å². The third kappa shape index (κ3) is 4.80. The second-order valence-corrected chi connectivity index (χ2v) is 5.18. The lowest BCUT2D eigenvalue weighted by atomic mass is 9.93. The minimum absolute atomic E-state index is 0.202. The number of rotatable bonds is 6. The minimum Gasteiger partial charge on any atom is -0.325 e. The Bertz CT molecular complexity index is 197. The smallest absolute Gasteiger partial charge is 0.0194 e. The SMILES string of the molecule is CC(N)/C=C/CCN1CC[C@@H]1CC(C)C. The lowest BCUT2D eigenvalue weighted by molar-refractivity contribution is 0.0764. The summed E-state index contributed by atoms with van der Waals surface area (Å²) < 4.78 is 0. The van der Waals surface area contributed by atoms with Crippen molar-refractivity contribution in [1.29, 1.82) is 0 Å². The van der Waals surface area contributed by atoms with E-state index in [9.17, 15) is 0 Å². The molecule has 0 bridgehead atoms. The molecule has 2 N–H and O–H groups in total. The fourth-order valence-electron chi connectivity index (χ4n) is 2.15. The predicted molar refractivity (Wildman–Crippen MR) is 66.8 cm³/mol. The number of nitrogens with zero attached hydrogens (tertiary/aromatic N) is 1. The molecule has 1 aliphatic rings. The second kappa shape index (κ2) is 6.29. The van der Waals surface area contributed by atoms with Gasteiger partial charge in [0, 0.05) is 18.6 Å². The van der Waals surface area contributed by atoms with Crippen LogP contribution in [0.15, 0.2) is 12.2 Å². The van der Waals surface area contributed by atoms with Crippen molar-refractivity contribution in [2.45, 2.75) is 52.1 Å². The molecule has 2 heteroatoms. The van der Waals surface area contributed by atoms with Crippen LogP contribution in [0.1, 0.15) is 40.0 Å². The highest BCUT2D eigenvalue weighted by Gasteiger charge is 2.27. The zero-order chi connectivity index (χ0) is 11.3. The van der Waals surface area contributed by atoms with Gasteiger partial charge in [0.15, 0.2) is 0 Å². The molecule has 1 fully saturated rings. The number of nitrogens with two attached hydrogens (primary N) is 1. The third-order valence-electron chi connectivity index (χ3n) is 3.03. The summed E-state index contributed by atoms with van der Waals surface area (Å²) in [5, 5.41) is 0. The Kier molecular flexibility index (Phi) is 5.34. The molecule has 15 heavy (non-hydrogen) atoms. The fourth-order valence-corrected chi connectivity index (χ4v) is 2.15. The van der Waals surface area contributed by atoms with Crippen LogP contribution < -0.4 is 5.73 Å². The molecule has 0 saturated carbocycles. The molecule has 1 aliphatic heterocycles. The molecule has 0 amide bonds. The maximum absolute atomic E-state index is 5.65. The van der Waals surface area contributed by atoms with Crippen LogP contribution in [0, 0.1) is 5.92 Å². The van der Waals surface area contributed by atoms with E-state index in [1.807, 2.05) is 6.92 Å². The van der Waals surface area contributed by atoms with Crippen molar-refractivity contribution >= 4 is 0 Å². The average molecular weight is 210 g/mol. The molecule has 1 saturated heterocycles. The Morgan fingerprint density at radius 1 is 1.40 bits per heavy atom. The van der Waals surface area contributed by atoms with Gasteiger partial charge in [-0.05, 0) is 38.6 Å². The van der Waals surface area contributed by atoms with Crippen LogP contribution in [0.4, 0.5) is 0 Å². The summed E-state index contributed by atoms with van der Waals surface area (Å²) >= 11 is 0. The van der Waals surface area contributed by atoms with Crippen LogP contribution in [-0.4, -0.2) is 30.1 Å². The minimum atomic E-state index is 0.202. The molecule has 2 nitrogen and oxygen atoms in total. The van der Waals surface area contributed by atoms with Gasteiger partial charge in [-0.3, -0.25) is 4.90 Å². The van der Waals surface area contributed by atoms with Crippen molar-refractivity contribution in [1.82, 2.24) is 4.90 Å². The Labute approximate surface area is 94.5 Å². The fraction of sp³-hybridized carbons (Fsp3) is 0.846. The van der Waals surface area contributed by atoms with Gasteiger partial charge in [-0.1, -0.05) is 26.0 Å². The molecular formula is C13H26N2. The summed E-state index contributed by atoms with van der Waals surface area (Å²) in [5.41, 5.74) is 5.65. The van der Waals surface area contributed by atoms with Gasteiger partial charge in [0.1, 0.15) is 0 Å². The first-order valence-corrected chi connectivity index (χ1v) is 6.26. The van der Waals surface area contributed by atoms with Gasteiger partial charge in [-0.25, -0.2) is 0 Å². The van der Waals surface area contributed by atoms with Crippen LogP contribution in [-0.2, 0) is 0 Å². The lowest BCUT2D eigenvalue weighted by Crippen LogP contribution is -2.48. The topological polar surface area (TPSA) is 29.3 Å². The summed E-state index contributed by atoms with van der Waals surface area (Å²) in [4.78, 5) is 2.60. The van der Waals surface area contributed by atoms with Gasteiger partial charge in [0.25, 0.3) is 0 Å². The van der Waals surface area contributed by atoms with Crippen LogP contribution in [0.5, 0.6) is 0 Å². The quantitative estimate of drug-likeness (QED) is 0.682. The van der Waals surface area contributed by atoms with Crippen molar-refractivity contribution in [2.75, 3.05) is 13.1 Å². The summed E-state index contributed by atoms with van der Waals surface area (Å²) in [6, 6.07) is 1.06. The van der Waals surface area contributed by atoms with Crippen LogP contribution in [0.25, 0.3) is 0 Å². The van der Waals surface area contributed by atoms with E-state index in [1.54, 1.807) is 0 Å². The molecule has 2 atom stereocenters. The molecule has 1 unspecified atom stereocenters. The van der Waals surface area contributed by atoms with Crippen molar-refractivity contribution < 1.29 is 0 Å². The summed E-state index contributed by atoms with van der Waals surface area (Å²) in [6.07, 6.45) is 8.22. The van der Waals surface area contributed by atoms with Crippen LogP contribution >= 0.6 is 0 Å². The first kappa shape index (κ1) is 12.7. The molecule has 1 rings (SSSR count). The number of hydrogen-bond acceptors (Lipinski definition) is 2. The third-order valence-corrected chi connectivity index (χ3v) is 3.03. The van der Waals surface area contributed by atoms with Crippen LogP contribution in [0.2, 0.25) is 0 Å². The zero-order valence-corrected chi connectivity index (χ0v) is 10.4. The van der Waals surface area contributed by atoms with E-state index in [1.165, 1.54) is 25.9 Å². The van der Waals surface area contributed by atoms with Crippen molar-refractivity contribution in [2.24, 2.45) is 11.7 Å². The Hall–Kier alpha value is -0.340. The Morgan fingerprint density at radius 3 is 2.60 bits per heavy atom. The lowest BCUT2D eigenvalue weighted by Gasteiger charge is -2.42. The predicted octanol–water partition coefficient (Wildman–Crippen LogP) is 2.40. The molecule has 0 aromatic heterocycles. The highest BCUT2D eigenvalue weighted by atomic mass is 15.2. The highest BCUT2D eigenvalue weighted by molar-refractivity contribution is 4.91. The van der Waals surface area contributed by atoms with Crippen LogP contribution in [0.3, 0.4) is 0 Å². The van der Waals surface area contributed by atoms with Gasteiger partial charge in [0.05, 0.1) is 0 Å². The highest BCUT2D eigenvalue weighted by Crippen LogP contribution is 2.23. The Morgan fingerprint density at radius 2 is 2.13 bits per heavy atom. The second-order valence-electron chi connectivity index (χ2n) is 5.18. The van der Waals surface area contributed by atoms with Gasteiger partial charge in [-0.15, -0.1) is 0 Å². The summed E-state index contributed by atoms with van der Waals surface area (Å²) in [7, 11) is 0. The molecule has 0 aromatic carbocycles. The zero-order valence-electron chi connectivity index (χ0n) is 10.4. The van der Waals surface area contributed by atoms with Crippen molar-refractivity contribution in [3.05, 3.63) is 12.2 Å². The van der Waals surface area contributed by atoms with E-state index in [4.69, 9.17) is 5.73 Å². The van der Waals surface area contributed by atoms with E-state index < -0.39 is 0 Å². The van der Waals surface area contributed by atoms with E-state index in [2.05, 4.69) is 30.9 Å². The monoisotopic (exact) mass is 210 g/mol. The molecule has 0 aromatic rings. The Balaban J connectivity index is 2.11. The van der Waals surface area contributed by atoms with Gasteiger partial charge >= 0.3 is 0 Å². The summed E-state index contributed by atoms with van der Waals surface area (Å²) in [5.74, 6) is 0.831.